The Balaban J connectivity index is 1.96. The molecule has 0 aromatic heterocycles. The molecule has 3 aromatic rings. The van der Waals surface area contributed by atoms with Crippen LogP contribution in [0.25, 0.3) is 0 Å². The van der Waals surface area contributed by atoms with Crippen molar-refractivity contribution < 1.29 is 4.79 Å². The van der Waals surface area contributed by atoms with E-state index >= 15 is 0 Å². The molecule has 0 spiro atoms. The average molecular weight is 340 g/mol. The van der Waals surface area contributed by atoms with Gasteiger partial charge in [-0.05, 0) is 23.3 Å². The summed E-state index contributed by atoms with van der Waals surface area (Å²) in [6, 6.07) is 28.7. The molecule has 26 heavy (non-hydrogen) atoms. The Hall–Kier alpha value is -3.38. The number of nitrogens with two attached hydrogens (primary N) is 1. The minimum atomic E-state index is -0.425. The van der Waals surface area contributed by atoms with Gasteiger partial charge in [-0.1, -0.05) is 72.8 Å². The molecule has 3 aromatic carbocycles. The molecule has 2 N–H and O–H groups in total. The fraction of sp³-hybridized carbons (Fsp3) is 0.130. The molecule has 0 fully saturated rings. The normalized spacial score (nSPS) is 12.7. The second-order valence-corrected chi connectivity index (χ2v) is 6.28. The molecule has 0 saturated heterocycles. The number of benzene rings is 3. The third-order valence-corrected chi connectivity index (χ3v) is 4.57. The maximum absolute atomic E-state index is 12.8. The van der Waals surface area contributed by atoms with Crippen molar-refractivity contribution in [3.63, 3.8) is 0 Å². The van der Waals surface area contributed by atoms with Gasteiger partial charge in [0.15, 0.2) is 5.78 Å². The largest absolute Gasteiger partial charge is 0.399 e. The third kappa shape index (κ3) is 3.99. The molecule has 0 heterocycles. The maximum Gasteiger partial charge on any atom is 0.163 e. The summed E-state index contributed by atoms with van der Waals surface area (Å²) in [5, 5.41) is 9.87. The smallest absolute Gasteiger partial charge is 0.163 e. The number of Topliss-reactive ketones (excluding diaryl/α,β-unsaturated/α-hetero) is 1. The molecule has 2 atom stereocenters. The molecule has 0 amide bonds. The number of nitrogen functional groups attached to an aromatic ring is 1. The first kappa shape index (κ1) is 17.4. The number of hydrogen-bond acceptors (Lipinski definition) is 3. The first-order valence-corrected chi connectivity index (χ1v) is 8.57. The second kappa shape index (κ2) is 8.13. The van der Waals surface area contributed by atoms with E-state index in [9.17, 15) is 10.1 Å². The van der Waals surface area contributed by atoms with Crippen LogP contribution in [-0.2, 0) is 0 Å². The van der Waals surface area contributed by atoms with Gasteiger partial charge in [0.25, 0.3) is 0 Å². The van der Waals surface area contributed by atoms with Crippen molar-refractivity contribution in [1.29, 1.82) is 5.26 Å². The highest BCUT2D eigenvalue weighted by atomic mass is 16.1. The zero-order valence-corrected chi connectivity index (χ0v) is 14.4. The molecule has 0 bridgehead atoms. The van der Waals surface area contributed by atoms with Crippen molar-refractivity contribution >= 4 is 11.5 Å². The first-order valence-electron chi connectivity index (χ1n) is 8.57. The quantitative estimate of drug-likeness (QED) is 0.511. The van der Waals surface area contributed by atoms with E-state index in [1.807, 2.05) is 72.8 Å². The maximum atomic E-state index is 12.8. The van der Waals surface area contributed by atoms with Crippen LogP contribution in [0.4, 0.5) is 5.69 Å². The van der Waals surface area contributed by atoms with Crippen molar-refractivity contribution in [3.05, 3.63) is 102 Å². The number of anilines is 1. The van der Waals surface area contributed by atoms with Crippen molar-refractivity contribution in [2.75, 3.05) is 5.73 Å². The summed E-state index contributed by atoms with van der Waals surface area (Å²) in [5.74, 6) is -0.613. The monoisotopic (exact) mass is 340 g/mol. The van der Waals surface area contributed by atoms with E-state index in [4.69, 9.17) is 5.73 Å². The molecule has 0 unspecified atom stereocenters. The predicted octanol–water partition coefficient (Wildman–Crippen LogP) is 4.93. The van der Waals surface area contributed by atoms with E-state index in [-0.39, 0.29) is 18.1 Å². The van der Waals surface area contributed by atoms with Gasteiger partial charge < -0.3 is 5.73 Å². The van der Waals surface area contributed by atoms with Crippen LogP contribution in [0, 0.1) is 11.3 Å². The molecule has 0 aliphatic rings. The van der Waals surface area contributed by atoms with Crippen LogP contribution < -0.4 is 5.73 Å². The van der Waals surface area contributed by atoms with Crippen molar-refractivity contribution in [2.45, 2.75) is 18.3 Å². The molecule has 3 nitrogen and oxygen atoms in total. The number of nitrogens with zero attached hydrogens (tertiary/aromatic N) is 1. The summed E-state index contributed by atoms with van der Waals surface area (Å²) in [4.78, 5) is 12.8. The van der Waals surface area contributed by atoms with Crippen LogP contribution in [0.15, 0.2) is 84.9 Å². The highest BCUT2D eigenvalue weighted by Gasteiger charge is 2.27. The third-order valence-electron chi connectivity index (χ3n) is 4.57. The molecule has 0 aliphatic carbocycles. The second-order valence-electron chi connectivity index (χ2n) is 6.28. The minimum absolute atomic E-state index is 0.0372. The van der Waals surface area contributed by atoms with Gasteiger partial charge in [-0.3, -0.25) is 4.79 Å². The van der Waals surface area contributed by atoms with E-state index in [2.05, 4.69) is 6.07 Å². The first-order chi connectivity index (χ1) is 12.7. The van der Waals surface area contributed by atoms with E-state index in [1.165, 1.54) is 0 Å². The van der Waals surface area contributed by atoms with Crippen LogP contribution >= 0.6 is 0 Å². The summed E-state index contributed by atoms with van der Waals surface area (Å²) in [6.45, 7) is 0. The lowest BCUT2D eigenvalue weighted by molar-refractivity contribution is 0.0972. The van der Waals surface area contributed by atoms with Crippen molar-refractivity contribution in [1.82, 2.24) is 0 Å². The lowest BCUT2D eigenvalue weighted by atomic mass is 9.78. The minimum Gasteiger partial charge on any atom is -0.399 e. The highest BCUT2D eigenvalue weighted by Crippen LogP contribution is 2.36. The number of carbonyl (C=O) groups is 1. The van der Waals surface area contributed by atoms with Gasteiger partial charge in [-0.15, -0.1) is 0 Å². The fourth-order valence-electron chi connectivity index (χ4n) is 3.17. The average Bonchev–Trinajstić information content (AvgIpc) is 2.70. The lowest BCUT2D eigenvalue weighted by Gasteiger charge is -2.22. The van der Waals surface area contributed by atoms with Gasteiger partial charge in [0, 0.05) is 23.6 Å². The molecular weight excluding hydrogens is 320 g/mol. The van der Waals surface area contributed by atoms with Gasteiger partial charge in [-0.2, -0.15) is 5.26 Å². The number of nitriles is 1. The standard InChI is InChI=1S/C23H20N2O/c24-16-22(18-11-13-20(25)14-12-18)21(17-7-3-1-4-8-17)15-23(26)19-9-5-2-6-10-19/h1-14,21-22H,15,25H2/t21-,22+/m1/s1. The topological polar surface area (TPSA) is 66.9 Å². The van der Waals surface area contributed by atoms with Crippen LogP contribution in [0.2, 0.25) is 0 Å². The van der Waals surface area contributed by atoms with Crippen LogP contribution in [0.5, 0.6) is 0 Å². The lowest BCUT2D eigenvalue weighted by Crippen LogP contribution is -2.15. The SMILES string of the molecule is N#C[C@@H](c1ccc(N)cc1)[C@H](CC(=O)c1ccccc1)c1ccccc1. The van der Waals surface area contributed by atoms with Gasteiger partial charge in [0.05, 0.1) is 12.0 Å². The molecule has 0 aliphatic heterocycles. The van der Waals surface area contributed by atoms with E-state index in [1.54, 1.807) is 12.1 Å². The van der Waals surface area contributed by atoms with Gasteiger partial charge in [-0.25, -0.2) is 0 Å². The Morgan fingerprint density at radius 1 is 0.846 bits per heavy atom. The Bertz CT molecular complexity index is 896. The zero-order chi connectivity index (χ0) is 18.4. The predicted molar refractivity (Wildman–Crippen MR) is 104 cm³/mol. The molecule has 3 rings (SSSR count). The number of carbonyl (C=O) groups excluding carboxylic acids is 1. The van der Waals surface area contributed by atoms with Crippen LogP contribution in [-0.4, -0.2) is 5.78 Å². The molecule has 0 radical (unpaired) electrons. The Morgan fingerprint density at radius 2 is 1.42 bits per heavy atom. The van der Waals surface area contributed by atoms with Crippen LogP contribution in [0.1, 0.15) is 39.7 Å². The van der Waals surface area contributed by atoms with Gasteiger partial charge in [0.1, 0.15) is 0 Å². The summed E-state index contributed by atoms with van der Waals surface area (Å²) < 4.78 is 0. The highest BCUT2D eigenvalue weighted by molar-refractivity contribution is 5.96. The molecule has 3 heteroatoms. The van der Waals surface area contributed by atoms with Crippen LogP contribution in [0.3, 0.4) is 0 Å². The Morgan fingerprint density at radius 3 is 2.00 bits per heavy atom. The van der Waals surface area contributed by atoms with Gasteiger partial charge >= 0.3 is 0 Å². The molecule has 0 saturated carbocycles. The summed E-state index contributed by atoms with van der Waals surface area (Å²) in [7, 11) is 0. The summed E-state index contributed by atoms with van der Waals surface area (Å²) in [5.41, 5.74) is 8.96. The number of hydrogen-bond donors (Lipinski definition) is 1. The molecular formula is C23H20N2O. The zero-order valence-electron chi connectivity index (χ0n) is 14.4. The fourth-order valence-corrected chi connectivity index (χ4v) is 3.17. The summed E-state index contributed by atoms with van der Waals surface area (Å²) in [6.07, 6.45) is 0.274. The van der Waals surface area contributed by atoms with E-state index < -0.39 is 5.92 Å². The Kier molecular flexibility index (Phi) is 5.46. The number of ketones is 1. The van der Waals surface area contributed by atoms with E-state index in [0.717, 1.165) is 11.1 Å². The van der Waals surface area contributed by atoms with Crippen molar-refractivity contribution in [3.8, 4) is 6.07 Å². The molecule has 128 valence electrons. The Labute approximate surface area is 153 Å². The van der Waals surface area contributed by atoms with Gasteiger partial charge in [0.2, 0.25) is 0 Å². The van der Waals surface area contributed by atoms with E-state index in [0.29, 0.717) is 11.3 Å². The van der Waals surface area contributed by atoms with Crippen molar-refractivity contribution in [2.24, 2.45) is 0 Å². The number of rotatable bonds is 6. The summed E-state index contributed by atoms with van der Waals surface area (Å²) >= 11 is 0.